The highest BCUT2D eigenvalue weighted by Crippen LogP contribution is 2.46. The van der Waals surface area contributed by atoms with Gasteiger partial charge in [-0.05, 0) is 42.7 Å². The van der Waals surface area contributed by atoms with E-state index in [0.717, 1.165) is 13.0 Å². The summed E-state index contributed by atoms with van der Waals surface area (Å²) in [5.41, 5.74) is 3.60. The fraction of sp³-hybridized carbons (Fsp3) is 0.217. The van der Waals surface area contributed by atoms with E-state index in [1.807, 2.05) is 0 Å². The van der Waals surface area contributed by atoms with Crippen molar-refractivity contribution in [1.82, 2.24) is 0 Å². The fourth-order valence-electron chi connectivity index (χ4n) is 3.58. The first-order valence-electron chi connectivity index (χ1n) is 9.49. The highest BCUT2D eigenvalue weighted by molar-refractivity contribution is 8.03. The molecule has 3 aromatic rings. The quantitative estimate of drug-likeness (QED) is 0.440. The molecule has 29 heavy (non-hydrogen) atoms. The standard InChI is InChI=1S/C23H22N2O2S.BrH/c1-24-15-13-17(18-8-2-3-9-19(18)24)16-22-25(14-7-6-12-23(26)27)20-10-4-5-11-21(20)28-22;/h2-5,8-11,13,15-16H,6-7,12,14H2,1H3;1H. The van der Waals surface area contributed by atoms with Gasteiger partial charge in [0.15, 0.2) is 6.20 Å². The van der Waals surface area contributed by atoms with E-state index in [1.54, 1.807) is 11.8 Å². The lowest BCUT2D eigenvalue weighted by molar-refractivity contribution is -0.644. The van der Waals surface area contributed by atoms with E-state index < -0.39 is 5.97 Å². The number of hydrogen-bond donors (Lipinski definition) is 1. The number of halogens is 1. The zero-order valence-electron chi connectivity index (χ0n) is 16.2. The Morgan fingerprint density at radius 3 is 2.69 bits per heavy atom. The van der Waals surface area contributed by atoms with Gasteiger partial charge in [0.1, 0.15) is 7.05 Å². The van der Waals surface area contributed by atoms with Crippen LogP contribution < -0.4 is 26.4 Å². The third-order valence-corrected chi connectivity index (χ3v) is 6.12. The minimum atomic E-state index is -0.726. The zero-order chi connectivity index (χ0) is 19.5. The van der Waals surface area contributed by atoms with E-state index in [1.165, 1.54) is 32.1 Å². The maximum Gasteiger partial charge on any atom is 0.303 e. The molecule has 0 bridgehead atoms. The molecule has 1 aromatic heterocycles. The van der Waals surface area contributed by atoms with Crippen LogP contribution in [-0.4, -0.2) is 17.6 Å². The second-order valence-corrected chi connectivity index (χ2v) is 8.02. The lowest BCUT2D eigenvalue weighted by Crippen LogP contribution is -3.00. The molecule has 1 aliphatic heterocycles. The molecule has 0 aliphatic carbocycles. The summed E-state index contributed by atoms with van der Waals surface area (Å²) in [6.07, 6.45) is 6.11. The van der Waals surface area contributed by atoms with Crippen LogP contribution in [0.1, 0.15) is 24.8 Å². The molecule has 150 valence electrons. The number of thioether (sulfide) groups is 1. The number of anilines is 1. The summed E-state index contributed by atoms with van der Waals surface area (Å²) >= 11 is 1.78. The van der Waals surface area contributed by atoms with Crippen LogP contribution in [0.5, 0.6) is 0 Å². The number of aromatic nitrogens is 1. The van der Waals surface area contributed by atoms with Crippen molar-refractivity contribution < 1.29 is 31.4 Å². The van der Waals surface area contributed by atoms with Gasteiger partial charge in [0.25, 0.3) is 0 Å². The summed E-state index contributed by atoms with van der Waals surface area (Å²) in [7, 11) is 2.06. The fourth-order valence-corrected chi connectivity index (χ4v) is 4.72. The Labute approximate surface area is 185 Å². The van der Waals surface area contributed by atoms with Crippen molar-refractivity contribution in [2.45, 2.75) is 24.2 Å². The van der Waals surface area contributed by atoms with E-state index in [0.29, 0.717) is 6.42 Å². The number of benzene rings is 2. The molecular formula is C23H23BrN2O2S. The van der Waals surface area contributed by atoms with Crippen molar-refractivity contribution in [3.05, 3.63) is 71.4 Å². The number of carboxylic acids is 1. The highest BCUT2D eigenvalue weighted by Gasteiger charge is 2.24. The molecule has 1 aliphatic rings. The first-order valence-corrected chi connectivity index (χ1v) is 10.3. The molecule has 1 N–H and O–H groups in total. The van der Waals surface area contributed by atoms with Gasteiger partial charge in [0, 0.05) is 30.0 Å². The monoisotopic (exact) mass is 470 g/mol. The molecule has 0 saturated heterocycles. The van der Waals surface area contributed by atoms with Crippen LogP contribution in [-0.2, 0) is 11.8 Å². The van der Waals surface area contributed by atoms with Gasteiger partial charge in [-0.25, -0.2) is 4.57 Å². The molecular weight excluding hydrogens is 448 g/mol. The maximum absolute atomic E-state index is 10.8. The molecule has 0 amide bonds. The van der Waals surface area contributed by atoms with Crippen molar-refractivity contribution in [2.24, 2.45) is 7.05 Å². The predicted molar refractivity (Wildman–Crippen MR) is 114 cm³/mol. The second kappa shape index (κ2) is 9.46. The van der Waals surface area contributed by atoms with Crippen LogP contribution >= 0.6 is 11.8 Å². The lowest BCUT2D eigenvalue weighted by atomic mass is 10.1. The molecule has 2 heterocycles. The topological polar surface area (TPSA) is 44.4 Å². The predicted octanol–water partition coefficient (Wildman–Crippen LogP) is 1.83. The Bertz CT molecular complexity index is 1070. The number of rotatable bonds is 6. The molecule has 0 atom stereocenters. The summed E-state index contributed by atoms with van der Waals surface area (Å²) in [5.74, 6) is -0.726. The Balaban J connectivity index is 0.00000240. The first kappa shape index (κ1) is 21.4. The van der Waals surface area contributed by atoms with Gasteiger partial charge in [-0.2, -0.15) is 0 Å². The average molecular weight is 471 g/mol. The van der Waals surface area contributed by atoms with Crippen LogP contribution in [0.2, 0.25) is 0 Å². The Morgan fingerprint density at radius 1 is 1.10 bits per heavy atom. The van der Waals surface area contributed by atoms with Crippen molar-refractivity contribution in [3.63, 3.8) is 0 Å². The molecule has 0 radical (unpaired) electrons. The third kappa shape index (κ3) is 4.65. The summed E-state index contributed by atoms with van der Waals surface area (Å²) in [6.45, 7) is 0.821. The van der Waals surface area contributed by atoms with E-state index in [-0.39, 0.29) is 23.4 Å². The minimum absolute atomic E-state index is 0. The Kier molecular flexibility index (Phi) is 6.98. The van der Waals surface area contributed by atoms with Crippen LogP contribution in [0.25, 0.3) is 17.0 Å². The van der Waals surface area contributed by atoms with E-state index >= 15 is 0 Å². The Morgan fingerprint density at radius 2 is 1.86 bits per heavy atom. The smallest absolute Gasteiger partial charge is 0.303 e. The van der Waals surface area contributed by atoms with Gasteiger partial charge < -0.3 is 27.0 Å². The molecule has 0 spiro atoms. The van der Waals surface area contributed by atoms with Gasteiger partial charge in [-0.3, -0.25) is 4.79 Å². The molecule has 0 unspecified atom stereocenters. The largest absolute Gasteiger partial charge is 1.00 e. The molecule has 0 fully saturated rings. The van der Waals surface area contributed by atoms with Crippen molar-refractivity contribution in [1.29, 1.82) is 0 Å². The number of hydrogen-bond acceptors (Lipinski definition) is 3. The minimum Gasteiger partial charge on any atom is -1.00 e. The second-order valence-electron chi connectivity index (χ2n) is 6.95. The van der Waals surface area contributed by atoms with Gasteiger partial charge in [-0.15, -0.1) is 0 Å². The number of fused-ring (bicyclic) bond motifs is 2. The zero-order valence-corrected chi connectivity index (χ0v) is 18.6. The molecule has 6 heteroatoms. The number of aryl methyl sites for hydroxylation is 1. The number of pyridine rings is 1. The van der Waals surface area contributed by atoms with Crippen molar-refractivity contribution >= 4 is 40.4 Å². The summed E-state index contributed by atoms with van der Waals surface area (Å²) in [5, 5.41) is 11.3. The van der Waals surface area contributed by atoms with Crippen LogP contribution in [0, 0.1) is 0 Å². The lowest BCUT2D eigenvalue weighted by Gasteiger charge is -2.20. The van der Waals surface area contributed by atoms with Crippen LogP contribution in [0.4, 0.5) is 5.69 Å². The van der Waals surface area contributed by atoms with E-state index in [2.05, 4.69) is 83.4 Å². The number of aliphatic carboxylic acids is 1. The molecule has 2 aromatic carbocycles. The van der Waals surface area contributed by atoms with E-state index in [4.69, 9.17) is 5.11 Å². The summed E-state index contributed by atoms with van der Waals surface area (Å²) in [6, 6.07) is 19.0. The van der Waals surface area contributed by atoms with Crippen molar-refractivity contribution in [3.8, 4) is 0 Å². The van der Waals surface area contributed by atoms with Gasteiger partial charge in [0.2, 0.25) is 5.52 Å². The number of unbranched alkanes of at least 4 members (excludes halogenated alkanes) is 1. The number of carbonyl (C=O) groups is 1. The Hall–Kier alpha value is -2.31. The normalized spacial score (nSPS) is 14.1. The van der Waals surface area contributed by atoms with E-state index in [9.17, 15) is 4.79 Å². The van der Waals surface area contributed by atoms with Gasteiger partial charge in [-0.1, -0.05) is 36.0 Å². The third-order valence-electron chi connectivity index (χ3n) is 5.01. The summed E-state index contributed by atoms with van der Waals surface area (Å²) < 4.78 is 2.14. The number of nitrogens with zero attached hydrogens (tertiary/aromatic N) is 2. The summed E-state index contributed by atoms with van der Waals surface area (Å²) in [4.78, 5) is 14.4. The molecule has 0 saturated carbocycles. The van der Waals surface area contributed by atoms with Crippen LogP contribution in [0.3, 0.4) is 0 Å². The molecule has 4 rings (SSSR count). The SMILES string of the molecule is C[n+]1ccc(/C=C2\Sc3ccccc3N2CCCCC(=O)O)c2ccccc21.[Br-]. The highest BCUT2D eigenvalue weighted by atomic mass is 79.9. The van der Waals surface area contributed by atoms with Gasteiger partial charge in [0.05, 0.1) is 16.1 Å². The molecule has 4 nitrogen and oxygen atoms in total. The first-order chi connectivity index (χ1) is 13.6. The van der Waals surface area contributed by atoms with Crippen molar-refractivity contribution in [2.75, 3.05) is 11.4 Å². The van der Waals surface area contributed by atoms with Gasteiger partial charge >= 0.3 is 5.97 Å². The average Bonchev–Trinajstić information content (AvgIpc) is 3.05. The number of para-hydroxylation sites is 2. The maximum atomic E-state index is 10.8. The van der Waals surface area contributed by atoms with Crippen LogP contribution in [0.15, 0.2) is 70.7 Å². The number of carboxylic acid groups (broad SMARTS) is 1.